The number of nitrogens with one attached hydrogen (secondary N) is 1. The predicted molar refractivity (Wildman–Crippen MR) is 85.4 cm³/mol. The Balaban J connectivity index is 2.20. The quantitative estimate of drug-likeness (QED) is 0.634. The molecule has 5 nitrogen and oxygen atoms in total. The molecule has 1 unspecified atom stereocenters. The Labute approximate surface area is 127 Å². The average molecular weight is 306 g/mol. The molecular formula is C15H18N2O3S. The van der Waals surface area contributed by atoms with Gasteiger partial charge in [-0.25, -0.2) is 0 Å². The zero-order valence-corrected chi connectivity index (χ0v) is 13.1. The van der Waals surface area contributed by atoms with Gasteiger partial charge in [-0.2, -0.15) is 0 Å². The van der Waals surface area contributed by atoms with Crippen LogP contribution in [0.25, 0.3) is 0 Å². The molecule has 2 rings (SSSR count). The monoisotopic (exact) mass is 306 g/mol. The van der Waals surface area contributed by atoms with Crippen LogP contribution in [0, 0.1) is 10.1 Å². The number of nitro benzene ring substituents is 1. The lowest BCUT2D eigenvalue weighted by Crippen LogP contribution is -2.06. The van der Waals surface area contributed by atoms with Gasteiger partial charge in [0.2, 0.25) is 0 Å². The van der Waals surface area contributed by atoms with Gasteiger partial charge in [-0.15, -0.1) is 11.3 Å². The molecule has 0 aliphatic heterocycles. The topological polar surface area (TPSA) is 64.4 Å². The summed E-state index contributed by atoms with van der Waals surface area (Å²) >= 11 is 1.77. The lowest BCUT2D eigenvalue weighted by Gasteiger charge is -2.16. The Hall–Kier alpha value is -2.08. The van der Waals surface area contributed by atoms with E-state index in [9.17, 15) is 10.1 Å². The summed E-state index contributed by atoms with van der Waals surface area (Å²) < 4.78 is 5.24. The molecule has 6 heteroatoms. The zero-order chi connectivity index (χ0) is 15.4. The number of aryl methyl sites for hydroxylation is 1. The van der Waals surface area contributed by atoms with E-state index < -0.39 is 4.92 Å². The smallest absolute Gasteiger partial charge is 0.273 e. The molecular weight excluding hydrogens is 288 g/mol. The van der Waals surface area contributed by atoms with Crippen LogP contribution in [0.4, 0.5) is 11.4 Å². The van der Waals surface area contributed by atoms with Gasteiger partial charge in [0.05, 0.1) is 29.8 Å². The van der Waals surface area contributed by atoms with E-state index in [4.69, 9.17) is 4.74 Å². The van der Waals surface area contributed by atoms with Crippen molar-refractivity contribution in [2.24, 2.45) is 0 Å². The molecule has 1 N–H and O–H groups in total. The van der Waals surface area contributed by atoms with E-state index in [-0.39, 0.29) is 11.7 Å². The number of non-ortho nitro benzene ring substituents is 1. The number of hydrogen-bond acceptors (Lipinski definition) is 5. The van der Waals surface area contributed by atoms with Gasteiger partial charge >= 0.3 is 0 Å². The minimum Gasteiger partial charge on any atom is -0.494 e. The SMILES string of the molecule is CCc1ccc(C(C)Nc2ccc([N+](=O)[O-])cc2OC)s1. The molecule has 0 bridgehead atoms. The van der Waals surface area contributed by atoms with Crippen molar-refractivity contribution in [2.75, 3.05) is 12.4 Å². The van der Waals surface area contributed by atoms with Crippen LogP contribution in [-0.2, 0) is 6.42 Å². The number of ether oxygens (including phenoxy) is 1. The van der Waals surface area contributed by atoms with Crippen LogP contribution in [0.1, 0.15) is 29.6 Å². The second-order valence-electron chi connectivity index (χ2n) is 4.67. The molecule has 1 heterocycles. The van der Waals surface area contributed by atoms with Crippen LogP contribution in [-0.4, -0.2) is 12.0 Å². The van der Waals surface area contributed by atoms with Crippen LogP contribution in [0.5, 0.6) is 5.75 Å². The summed E-state index contributed by atoms with van der Waals surface area (Å²) in [5, 5.41) is 14.1. The summed E-state index contributed by atoms with van der Waals surface area (Å²) in [6, 6.07) is 8.95. The lowest BCUT2D eigenvalue weighted by molar-refractivity contribution is -0.384. The number of methoxy groups -OCH3 is 1. The van der Waals surface area contributed by atoms with E-state index in [1.54, 1.807) is 17.4 Å². The maximum absolute atomic E-state index is 10.8. The Morgan fingerprint density at radius 3 is 2.71 bits per heavy atom. The highest BCUT2D eigenvalue weighted by Crippen LogP contribution is 2.33. The van der Waals surface area contributed by atoms with Crippen LogP contribution >= 0.6 is 11.3 Å². The van der Waals surface area contributed by atoms with Gasteiger partial charge in [0.25, 0.3) is 5.69 Å². The fourth-order valence-corrected chi connectivity index (χ4v) is 2.99. The zero-order valence-electron chi connectivity index (χ0n) is 12.3. The molecule has 1 atom stereocenters. The minimum atomic E-state index is -0.428. The highest BCUT2D eigenvalue weighted by atomic mass is 32.1. The summed E-state index contributed by atoms with van der Waals surface area (Å²) in [5.74, 6) is 0.475. The maximum atomic E-state index is 10.8. The summed E-state index contributed by atoms with van der Waals surface area (Å²) in [5.41, 5.74) is 0.775. The minimum absolute atomic E-state index is 0.0226. The fourth-order valence-electron chi connectivity index (χ4n) is 2.03. The molecule has 0 saturated carbocycles. The second-order valence-corrected chi connectivity index (χ2v) is 5.87. The summed E-state index contributed by atoms with van der Waals surface area (Å²) in [6.45, 7) is 4.19. The first-order valence-electron chi connectivity index (χ1n) is 6.72. The Morgan fingerprint density at radius 2 is 2.14 bits per heavy atom. The second kappa shape index (κ2) is 6.58. The standard InChI is InChI=1S/C15H18N2O3S/c1-4-12-6-8-15(21-12)10(2)16-13-7-5-11(17(18)19)9-14(13)20-3/h5-10,16H,4H2,1-3H3. The van der Waals surface area contributed by atoms with Crippen LogP contribution in [0.2, 0.25) is 0 Å². The van der Waals surface area contributed by atoms with Crippen LogP contribution < -0.4 is 10.1 Å². The molecule has 0 radical (unpaired) electrons. The Bertz CT molecular complexity index is 640. The number of hydrogen-bond donors (Lipinski definition) is 1. The van der Waals surface area contributed by atoms with Crippen molar-refractivity contribution in [1.82, 2.24) is 0 Å². The molecule has 0 aliphatic carbocycles. The van der Waals surface area contributed by atoms with E-state index in [1.165, 1.54) is 29.0 Å². The molecule has 1 aromatic carbocycles. The third-order valence-corrected chi connectivity index (χ3v) is 4.64. The molecule has 0 saturated heterocycles. The normalized spacial score (nSPS) is 12.0. The van der Waals surface area contributed by atoms with E-state index in [0.29, 0.717) is 5.75 Å². The van der Waals surface area contributed by atoms with Gasteiger partial charge in [-0.1, -0.05) is 6.92 Å². The first-order valence-corrected chi connectivity index (χ1v) is 7.54. The van der Waals surface area contributed by atoms with Crippen molar-refractivity contribution >= 4 is 22.7 Å². The summed E-state index contributed by atoms with van der Waals surface area (Å²) in [4.78, 5) is 12.9. The van der Waals surface area contributed by atoms with E-state index in [0.717, 1.165) is 12.1 Å². The van der Waals surface area contributed by atoms with Gasteiger partial charge in [0, 0.05) is 15.8 Å². The largest absolute Gasteiger partial charge is 0.494 e. The van der Waals surface area contributed by atoms with Gasteiger partial charge < -0.3 is 10.1 Å². The molecule has 2 aromatic rings. The first kappa shape index (κ1) is 15.3. The molecule has 1 aromatic heterocycles. The molecule has 0 spiro atoms. The van der Waals surface area contributed by atoms with Gasteiger partial charge in [-0.05, 0) is 31.5 Å². The van der Waals surface area contributed by atoms with Crippen molar-refractivity contribution in [2.45, 2.75) is 26.3 Å². The fraction of sp³-hybridized carbons (Fsp3) is 0.333. The molecule has 0 amide bonds. The van der Waals surface area contributed by atoms with Gasteiger partial charge in [0.15, 0.2) is 0 Å². The van der Waals surface area contributed by atoms with E-state index in [1.807, 2.05) is 0 Å². The third kappa shape index (κ3) is 3.52. The van der Waals surface area contributed by atoms with E-state index >= 15 is 0 Å². The molecule has 21 heavy (non-hydrogen) atoms. The highest BCUT2D eigenvalue weighted by Gasteiger charge is 2.14. The van der Waals surface area contributed by atoms with Crippen molar-refractivity contribution in [3.63, 3.8) is 0 Å². The third-order valence-electron chi connectivity index (χ3n) is 3.23. The Morgan fingerprint density at radius 1 is 1.38 bits per heavy atom. The first-order chi connectivity index (χ1) is 10.0. The maximum Gasteiger partial charge on any atom is 0.273 e. The van der Waals surface area contributed by atoms with Crippen molar-refractivity contribution in [1.29, 1.82) is 0 Å². The number of benzene rings is 1. The number of thiophene rings is 1. The van der Waals surface area contributed by atoms with Gasteiger partial charge in [0.1, 0.15) is 5.75 Å². The van der Waals surface area contributed by atoms with Crippen LogP contribution in [0.3, 0.4) is 0 Å². The predicted octanol–water partition coefficient (Wildman–Crippen LogP) is 4.40. The highest BCUT2D eigenvalue weighted by molar-refractivity contribution is 7.12. The Kier molecular flexibility index (Phi) is 4.80. The summed E-state index contributed by atoms with van der Waals surface area (Å²) in [7, 11) is 1.51. The van der Waals surface area contributed by atoms with Gasteiger partial charge in [-0.3, -0.25) is 10.1 Å². The molecule has 0 fully saturated rings. The average Bonchev–Trinajstić information content (AvgIpc) is 2.96. The number of nitrogens with zero attached hydrogens (tertiary/aromatic N) is 1. The lowest BCUT2D eigenvalue weighted by atomic mass is 10.2. The number of anilines is 1. The van der Waals surface area contributed by atoms with Crippen molar-refractivity contribution < 1.29 is 9.66 Å². The van der Waals surface area contributed by atoms with Crippen molar-refractivity contribution in [3.8, 4) is 5.75 Å². The summed E-state index contributed by atoms with van der Waals surface area (Å²) in [6.07, 6.45) is 1.03. The number of rotatable bonds is 6. The van der Waals surface area contributed by atoms with E-state index in [2.05, 4.69) is 31.3 Å². The molecule has 0 aliphatic rings. The van der Waals surface area contributed by atoms with Crippen LogP contribution in [0.15, 0.2) is 30.3 Å². The van der Waals surface area contributed by atoms with Crippen molar-refractivity contribution in [3.05, 3.63) is 50.2 Å². The molecule has 112 valence electrons. The number of nitro groups is 1.